The molecule has 2 atom stereocenters. The molecular formula is C19H28FN3O2. The first-order valence-electron chi connectivity index (χ1n) is 9.09. The molecule has 0 spiro atoms. The van der Waals surface area contributed by atoms with Gasteiger partial charge in [-0.15, -0.1) is 0 Å². The van der Waals surface area contributed by atoms with Crippen LogP contribution >= 0.6 is 0 Å². The summed E-state index contributed by atoms with van der Waals surface area (Å²) in [5.74, 6) is 0.460. The molecule has 2 aliphatic rings. The molecule has 25 heavy (non-hydrogen) atoms. The Morgan fingerprint density at radius 3 is 2.80 bits per heavy atom. The largest absolute Gasteiger partial charge is 0.378 e. The molecule has 1 aliphatic carbocycles. The van der Waals surface area contributed by atoms with Gasteiger partial charge in [-0.05, 0) is 57.3 Å². The van der Waals surface area contributed by atoms with Crippen molar-refractivity contribution in [2.75, 3.05) is 20.7 Å². The molecule has 1 saturated carbocycles. The number of nitrogens with one attached hydrogen (secondary N) is 2. The van der Waals surface area contributed by atoms with Gasteiger partial charge in [-0.3, -0.25) is 0 Å². The van der Waals surface area contributed by atoms with Gasteiger partial charge in [0.05, 0.1) is 6.10 Å². The smallest absolute Gasteiger partial charge is 0.315 e. The van der Waals surface area contributed by atoms with Crippen LogP contribution < -0.4 is 10.6 Å². The van der Waals surface area contributed by atoms with Gasteiger partial charge in [-0.1, -0.05) is 12.1 Å². The van der Waals surface area contributed by atoms with Crippen molar-refractivity contribution in [2.45, 2.75) is 50.9 Å². The van der Waals surface area contributed by atoms with Crippen LogP contribution in [-0.2, 0) is 17.8 Å². The molecule has 1 aromatic carbocycles. The topological polar surface area (TPSA) is 53.6 Å². The Kier molecular flexibility index (Phi) is 5.91. The van der Waals surface area contributed by atoms with Crippen molar-refractivity contribution in [1.82, 2.24) is 15.5 Å². The standard InChI is InChI=1S/C19H28FN3O2/c1-23(2)12-15-4-3-13(9-17(15)20)11-21-19(24)22-16-7-8-25-18(10-16)14-5-6-14/h3-4,9,14,16,18H,5-8,10-12H2,1-2H3,(H2,21,22,24)/t16-,18-/m1/s1. The van der Waals surface area contributed by atoms with Crippen LogP contribution in [0.25, 0.3) is 0 Å². The van der Waals surface area contributed by atoms with Crippen molar-refractivity contribution in [3.8, 4) is 0 Å². The molecule has 1 aromatic rings. The van der Waals surface area contributed by atoms with Crippen LogP contribution in [0.3, 0.4) is 0 Å². The van der Waals surface area contributed by atoms with Crippen LogP contribution in [0.5, 0.6) is 0 Å². The third-order valence-electron chi connectivity index (χ3n) is 4.86. The van der Waals surface area contributed by atoms with Crippen molar-refractivity contribution in [2.24, 2.45) is 5.92 Å². The highest BCUT2D eigenvalue weighted by Gasteiger charge is 2.36. The Morgan fingerprint density at radius 2 is 2.12 bits per heavy atom. The molecule has 5 nitrogen and oxygen atoms in total. The van der Waals surface area contributed by atoms with E-state index < -0.39 is 0 Å². The minimum absolute atomic E-state index is 0.165. The molecule has 3 rings (SSSR count). The Labute approximate surface area is 148 Å². The summed E-state index contributed by atoms with van der Waals surface area (Å²) in [6, 6.07) is 5.11. The number of ether oxygens (including phenoxy) is 1. The second-order valence-corrected chi connectivity index (χ2v) is 7.46. The molecule has 0 bridgehead atoms. The van der Waals surface area contributed by atoms with Crippen molar-refractivity contribution in [1.29, 1.82) is 0 Å². The zero-order valence-corrected chi connectivity index (χ0v) is 15.1. The lowest BCUT2D eigenvalue weighted by Crippen LogP contribution is -2.46. The molecule has 0 radical (unpaired) electrons. The second kappa shape index (κ2) is 8.15. The quantitative estimate of drug-likeness (QED) is 0.830. The van der Waals surface area contributed by atoms with Crippen LogP contribution in [0.15, 0.2) is 18.2 Å². The molecule has 2 N–H and O–H groups in total. The summed E-state index contributed by atoms with van der Waals surface area (Å²) in [6.45, 7) is 1.59. The Hall–Kier alpha value is -1.66. The number of rotatable bonds is 6. The summed E-state index contributed by atoms with van der Waals surface area (Å²) in [7, 11) is 3.81. The highest BCUT2D eigenvalue weighted by atomic mass is 19.1. The number of hydrogen-bond acceptors (Lipinski definition) is 3. The minimum Gasteiger partial charge on any atom is -0.378 e. The maximum absolute atomic E-state index is 14.1. The van der Waals surface area contributed by atoms with Crippen LogP contribution in [-0.4, -0.2) is 43.8 Å². The summed E-state index contributed by atoms with van der Waals surface area (Å²) in [5.41, 5.74) is 1.42. The molecule has 138 valence electrons. The first-order valence-corrected chi connectivity index (χ1v) is 9.09. The zero-order valence-electron chi connectivity index (χ0n) is 15.1. The molecule has 2 fully saturated rings. The maximum atomic E-state index is 14.1. The van der Waals surface area contributed by atoms with Crippen molar-refractivity contribution in [3.63, 3.8) is 0 Å². The first kappa shape index (κ1) is 18.1. The third-order valence-corrected chi connectivity index (χ3v) is 4.86. The van der Waals surface area contributed by atoms with Gasteiger partial charge in [0.2, 0.25) is 0 Å². The summed E-state index contributed by atoms with van der Waals surface area (Å²) >= 11 is 0. The van der Waals surface area contributed by atoms with E-state index in [9.17, 15) is 9.18 Å². The van der Waals surface area contributed by atoms with E-state index in [-0.39, 0.29) is 17.9 Å². The number of amides is 2. The molecule has 1 aliphatic heterocycles. The van der Waals surface area contributed by atoms with Crippen molar-refractivity contribution in [3.05, 3.63) is 35.1 Å². The van der Waals surface area contributed by atoms with Gasteiger partial charge in [0.25, 0.3) is 0 Å². The summed E-state index contributed by atoms with van der Waals surface area (Å²) in [5, 5.41) is 5.85. The van der Waals surface area contributed by atoms with E-state index in [4.69, 9.17) is 4.74 Å². The number of urea groups is 1. The summed E-state index contributed by atoms with van der Waals surface area (Å²) < 4.78 is 19.8. The van der Waals surface area contributed by atoms with E-state index >= 15 is 0 Å². The monoisotopic (exact) mass is 349 g/mol. The fourth-order valence-electron chi connectivity index (χ4n) is 3.34. The molecule has 0 unspecified atom stereocenters. The van der Waals surface area contributed by atoms with Gasteiger partial charge in [0.15, 0.2) is 0 Å². The predicted molar refractivity (Wildman–Crippen MR) is 94.6 cm³/mol. The predicted octanol–water partition coefficient (Wildman–Crippen LogP) is 2.64. The average molecular weight is 349 g/mol. The highest BCUT2D eigenvalue weighted by molar-refractivity contribution is 5.74. The normalized spacial score (nSPS) is 23.5. The fourth-order valence-corrected chi connectivity index (χ4v) is 3.34. The summed E-state index contributed by atoms with van der Waals surface area (Å²) in [4.78, 5) is 14.0. The lowest BCUT2D eigenvalue weighted by atomic mass is 10.0. The fraction of sp³-hybridized carbons (Fsp3) is 0.632. The molecule has 1 heterocycles. The van der Waals surface area contributed by atoms with E-state index in [1.165, 1.54) is 18.9 Å². The minimum atomic E-state index is -0.231. The maximum Gasteiger partial charge on any atom is 0.315 e. The van der Waals surface area contributed by atoms with Gasteiger partial charge >= 0.3 is 6.03 Å². The Morgan fingerprint density at radius 1 is 1.32 bits per heavy atom. The number of benzene rings is 1. The van der Waals surface area contributed by atoms with Gasteiger partial charge in [0.1, 0.15) is 5.82 Å². The molecule has 0 aromatic heterocycles. The number of carbonyl (C=O) groups is 1. The number of halogens is 1. The van der Waals surface area contributed by atoms with Crippen LogP contribution in [0.1, 0.15) is 36.8 Å². The first-order chi connectivity index (χ1) is 12.0. The average Bonchev–Trinajstić information content (AvgIpc) is 3.40. The third kappa shape index (κ3) is 5.41. The molecule has 6 heteroatoms. The lowest BCUT2D eigenvalue weighted by Gasteiger charge is -2.30. The van der Waals surface area contributed by atoms with E-state index in [0.717, 1.165) is 18.4 Å². The van der Waals surface area contributed by atoms with Gasteiger partial charge < -0.3 is 20.3 Å². The molecular weight excluding hydrogens is 321 g/mol. The van der Waals surface area contributed by atoms with E-state index in [2.05, 4.69) is 10.6 Å². The van der Waals surface area contributed by atoms with Crippen molar-refractivity contribution < 1.29 is 13.9 Å². The van der Waals surface area contributed by atoms with Gasteiger partial charge in [-0.2, -0.15) is 0 Å². The zero-order chi connectivity index (χ0) is 17.8. The lowest BCUT2D eigenvalue weighted by molar-refractivity contribution is -0.00914. The molecule has 2 amide bonds. The molecule has 1 saturated heterocycles. The van der Waals surface area contributed by atoms with Gasteiger partial charge in [-0.25, -0.2) is 9.18 Å². The van der Waals surface area contributed by atoms with E-state index in [1.54, 1.807) is 6.07 Å². The number of nitrogens with zero attached hydrogens (tertiary/aromatic N) is 1. The summed E-state index contributed by atoms with van der Waals surface area (Å²) in [6.07, 6.45) is 4.55. The SMILES string of the molecule is CN(C)Cc1ccc(CNC(=O)N[C@@H]2CCO[C@@H](C3CC3)C2)cc1F. The van der Waals surface area contributed by atoms with Crippen LogP contribution in [0.4, 0.5) is 9.18 Å². The number of carbonyl (C=O) groups excluding carboxylic acids is 1. The van der Waals surface area contributed by atoms with E-state index in [0.29, 0.717) is 37.3 Å². The highest BCUT2D eigenvalue weighted by Crippen LogP contribution is 2.38. The van der Waals surface area contributed by atoms with Crippen LogP contribution in [0.2, 0.25) is 0 Å². The van der Waals surface area contributed by atoms with Crippen molar-refractivity contribution >= 4 is 6.03 Å². The number of hydrogen-bond donors (Lipinski definition) is 2. The second-order valence-electron chi connectivity index (χ2n) is 7.46. The Balaban J connectivity index is 1.44. The Bertz CT molecular complexity index is 604. The van der Waals surface area contributed by atoms with Gasteiger partial charge in [0, 0.05) is 31.3 Å². The van der Waals surface area contributed by atoms with E-state index in [1.807, 2.05) is 25.1 Å². The van der Waals surface area contributed by atoms with Crippen LogP contribution in [0, 0.1) is 11.7 Å².